The highest BCUT2D eigenvalue weighted by Gasteiger charge is 2.11. The Morgan fingerprint density at radius 1 is 1.33 bits per heavy atom. The standard InChI is InChI=1S/C13H10F3NO4/c14-9-5-7(1-3-10(9)21-13(15)16)17-6-8-2-4-11(20-8)12(18)19/h1-5,13,17H,6H2,(H,18,19). The van der Waals surface area contributed by atoms with Gasteiger partial charge in [0, 0.05) is 11.8 Å². The summed E-state index contributed by atoms with van der Waals surface area (Å²) in [5, 5.41) is 11.4. The Kier molecular flexibility index (Phi) is 4.36. The lowest BCUT2D eigenvalue weighted by molar-refractivity contribution is -0.0521. The fourth-order valence-electron chi connectivity index (χ4n) is 1.58. The minimum atomic E-state index is -3.10. The zero-order valence-electron chi connectivity index (χ0n) is 10.5. The van der Waals surface area contributed by atoms with Crippen molar-refractivity contribution >= 4 is 11.7 Å². The summed E-state index contributed by atoms with van der Waals surface area (Å²) < 4.78 is 46.4. The number of carboxylic acids is 1. The smallest absolute Gasteiger partial charge is 0.387 e. The molecule has 2 aromatic rings. The summed E-state index contributed by atoms with van der Waals surface area (Å²) >= 11 is 0. The molecule has 1 aromatic heterocycles. The van der Waals surface area contributed by atoms with Gasteiger partial charge < -0.3 is 19.6 Å². The zero-order chi connectivity index (χ0) is 15.4. The van der Waals surface area contributed by atoms with Gasteiger partial charge in [-0.15, -0.1) is 0 Å². The molecule has 5 nitrogen and oxygen atoms in total. The molecule has 0 saturated carbocycles. The lowest BCUT2D eigenvalue weighted by atomic mass is 10.3. The van der Waals surface area contributed by atoms with Gasteiger partial charge in [0.25, 0.3) is 0 Å². The van der Waals surface area contributed by atoms with Gasteiger partial charge in [0.15, 0.2) is 11.6 Å². The van der Waals surface area contributed by atoms with Crippen LogP contribution in [0, 0.1) is 5.82 Å². The molecule has 0 bridgehead atoms. The highest BCUT2D eigenvalue weighted by atomic mass is 19.3. The van der Waals surface area contributed by atoms with Crippen LogP contribution in [0.2, 0.25) is 0 Å². The van der Waals surface area contributed by atoms with E-state index in [9.17, 15) is 18.0 Å². The number of nitrogens with one attached hydrogen (secondary N) is 1. The van der Waals surface area contributed by atoms with Gasteiger partial charge in [-0.25, -0.2) is 9.18 Å². The van der Waals surface area contributed by atoms with E-state index in [1.165, 1.54) is 18.2 Å². The lowest BCUT2D eigenvalue weighted by Crippen LogP contribution is -2.04. The molecule has 2 rings (SSSR count). The van der Waals surface area contributed by atoms with Crippen LogP contribution in [0.1, 0.15) is 16.3 Å². The van der Waals surface area contributed by atoms with Crippen molar-refractivity contribution in [2.45, 2.75) is 13.2 Å². The molecule has 0 aliphatic carbocycles. The van der Waals surface area contributed by atoms with Crippen molar-refractivity contribution in [1.29, 1.82) is 0 Å². The molecular formula is C13H10F3NO4. The summed E-state index contributed by atoms with van der Waals surface area (Å²) in [4.78, 5) is 10.6. The summed E-state index contributed by atoms with van der Waals surface area (Å²) in [6, 6.07) is 6.15. The van der Waals surface area contributed by atoms with Crippen LogP contribution in [0.25, 0.3) is 0 Å². The van der Waals surface area contributed by atoms with Crippen LogP contribution in [0.4, 0.5) is 18.9 Å². The number of carbonyl (C=O) groups is 1. The van der Waals surface area contributed by atoms with Gasteiger partial charge in [-0.2, -0.15) is 8.78 Å². The molecule has 0 atom stereocenters. The van der Waals surface area contributed by atoms with Crippen LogP contribution in [-0.4, -0.2) is 17.7 Å². The van der Waals surface area contributed by atoms with E-state index in [2.05, 4.69) is 10.1 Å². The molecular weight excluding hydrogens is 291 g/mol. The topological polar surface area (TPSA) is 71.7 Å². The predicted molar refractivity (Wildman–Crippen MR) is 66.0 cm³/mol. The number of hydrogen-bond donors (Lipinski definition) is 2. The van der Waals surface area contributed by atoms with E-state index in [0.717, 1.165) is 12.1 Å². The maximum atomic E-state index is 13.4. The Labute approximate surface area is 116 Å². The van der Waals surface area contributed by atoms with E-state index in [1.807, 2.05) is 0 Å². The van der Waals surface area contributed by atoms with E-state index >= 15 is 0 Å². The number of anilines is 1. The molecule has 1 aromatic carbocycles. The van der Waals surface area contributed by atoms with Gasteiger partial charge in [-0.05, 0) is 24.3 Å². The maximum Gasteiger partial charge on any atom is 0.387 e. The van der Waals surface area contributed by atoms with Gasteiger partial charge in [-0.1, -0.05) is 0 Å². The van der Waals surface area contributed by atoms with Crippen molar-refractivity contribution < 1.29 is 32.2 Å². The fourth-order valence-corrected chi connectivity index (χ4v) is 1.58. The second-order valence-corrected chi connectivity index (χ2v) is 3.95. The summed E-state index contributed by atoms with van der Waals surface area (Å²) in [6.45, 7) is -2.99. The third-order valence-electron chi connectivity index (χ3n) is 2.49. The third-order valence-corrected chi connectivity index (χ3v) is 2.49. The van der Waals surface area contributed by atoms with Crippen LogP contribution < -0.4 is 10.1 Å². The first-order valence-electron chi connectivity index (χ1n) is 5.76. The number of hydrogen-bond acceptors (Lipinski definition) is 4. The Morgan fingerprint density at radius 3 is 2.67 bits per heavy atom. The molecule has 0 aliphatic rings. The average molecular weight is 301 g/mol. The molecule has 1 heterocycles. The van der Waals surface area contributed by atoms with Crippen molar-refractivity contribution in [2.75, 3.05) is 5.32 Å². The second-order valence-electron chi connectivity index (χ2n) is 3.95. The Morgan fingerprint density at radius 2 is 2.10 bits per heavy atom. The fraction of sp³-hybridized carbons (Fsp3) is 0.154. The van der Waals surface area contributed by atoms with Crippen molar-refractivity contribution in [1.82, 2.24) is 0 Å². The zero-order valence-corrected chi connectivity index (χ0v) is 10.5. The average Bonchev–Trinajstić information content (AvgIpc) is 2.88. The quantitative estimate of drug-likeness (QED) is 0.856. The van der Waals surface area contributed by atoms with E-state index < -0.39 is 24.1 Å². The maximum absolute atomic E-state index is 13.4. The number of furan rings is 1. The molecule has 0 saturated heterocycles. The van der Waals surface area contributed by atoms with Crippen molar-refractivity contribution in [3.63, 3.8) is 0 Å². The molecule has 2 N–H and O–H groups in total. The SMILES string of the molecule is O=C(O)c1ccc(CNc2ccc(OC(F)F)c(F)c2)o1. The van der Waals surface area contributed by atoms with Crippen LogP contribution >= 0.6 is 0 Å². The number of halogens is 3. The number of ether oxygens (including phenoxy) is 1. The summed E-state index contributed by atoms with van der Waals surface area (Å²) in [5.74, 6) is -2.56. The molecule has 112 valence electrons. The number of aromatic carboxylic acids is 1. The highest BCUT2D eigenvalue weighted by Crippen LogP contribution is 2.23. The van der Waals surface area contributed by atoms with Crippen molar-refractivity contribution in [3.8, 4) is 5.75 Å². The largest absolute Gasteiger partial charge is 0.475 e. The van der Waals surface area contributed by atoms with Crippen LogP contribution in [0.5, 0.6) is 5.75 Å². The number of rotatable bonds is 6. The first kappa shape index (κ1) is 14.8. The minimum absolute atomic E-state index is 0.113. The molecule has 0 aliphatic heterocycles. The molecule has 0 spiro atoms. The normalized spacial score (nSPS) is 10.7. The van der Waals surface area contributed by atoms with Gasteiger partial charge in [-0.3, -0.25) is 0 Å². The molecule has 21 heavy (non-hydrogen) atoms. The van der Waals surface area contributed by atoms with Gasteiger partial charge in [0.2, 0.25) is 5.76 Å². The highest BCUT2D eigenvalue weighted by molar-refractivity contribution is 5.84. The number of benzene rings is 1. The predicted octanol–water partition coefficient (Wildman–Crippen LogP) is 3.33. The third kappa shape index (κ3) is 3.91. The Hall–Kier alpha value is -2.64. The molecule has 0 fully saturated rings. The summed E-state index contributed by atoms with van der Waals surface area (Å²) in [6.07, 6.45) is 0. The molecule has 8 heteroatoms. The van der Waals surface area contributed by atoms with Gasteiger partial charge in [0.1, 0.15) is 5.76 Å². The molecule has 0 radical (unpaired) electrons. The Balaban J connectivity index is 1.99. The first-order valence-corrected chi connectivity index (χ1v) is 5.76. The number of carboxylic acid groups (broad SMARTS) is 1. The van der Waals surface area contributed by atoms with Crippen LogP contribution in [0.3, 0.4) is 0 Å². The molecule has 0 amide bonds. The van der Waals surface area contributed by atoms with Crippen LogP contribution in [0.15, 0.2) is 34.7 Å². The van der Waals surface area contributed by atoms with Crippen molar-refractivity contribution in [3.05, 3.63) is 47.7 Å². The van der Waals surface area contributed by atoms with Gasteiger partial charge in [0.05, 0.1) is 6.54 Å². The van der Waals surface area contributed by atoms with E-state index in [-0.39, 0.29) is 12.3 Å². The van der Waals surface area contributed by atoms with Crippen LogP contribution in [-0.2, 0) is 6.54 Å². The minimum Gasteiger partial charge on any atom is -0.475 e. The van der Waals surface area contributed by atoms with E-state index in [4.69, 9.17) is 9.52 Å². The van der Waals surface area contributed by atoms with Gasteiger partial charge >= 0.3 is 12.6 Å². The lowest BCUT2D eigenvalue weighted by Gasteiger charge is -2.08. The monoisotopic (exact) mass is 301 g/mol. The summed E-state index contributed by atoms with van der Waals surface area (Å²) in [7, 11) is 0. The van der Waals surface area contributed by atoms with E-state index in [1.54, 1.807) is 0 Å². The molecule has 0 unspecified atom stereocenters. The van der Waals surface area contributed by atoms with E-state index in [0.29, 0.717) is 11.4 Å². The number of alkyl halides is 2. The van der Waals surface area contributed by atoms with Crippen molar-refractivity contribution in [2.24, 2.45) is 0 Å². The Bertz CT molecular complexity index is 642. The second kappa shape index (κ2) is 6.21. The first-order chi connectivity index (χ1) is 9.95. The summed E-state index contributed by atoms with van der Waals surface area (Å²) in [5.41, 5.74) is 0.308.